The van der Waals surface area contributed by atoms with Gasteiger partial charge in [0.1, 0.15) is 6.54 Å². The second-order valence-electron chi connectivity index (χ2n) is 7.88. The van der Waals surface area contributed by atoms with Crippen molar-refractivity contribution in [3.8, 4) is 0 Å². The summed E-state index contributed by atoms with van der Waals surface area (Å²) in [5.41, 5.74) is 1.99. The van der Waals surface area contributed by atoms with Crippen LogP contribution in [0.5, 0.6) is 0 Å². The van der Waals surface area contributed by atoms with Crippen LogP contribution in [0.25, 0.3) is 10.9 Å². The van der Waals surface area contributed by atoms with Crippen LogP contribution in [-0.4, -0.2) is 57.5 Å². The molecule has 0 bridgehead atoms. The molecule has 3 amide bonds. The smallest absolute Gasteiger partial charge is 0.261 e. The van der Waals surface area contributed by atoms with Crippen molar-refractivity contribution in [1.29, 1.82) is 0 Å². The first-order valence-corrected chi connectivity index (χ1v) is 11.6. The van der Waals surface area contributed by atoms with Gasteiger partial charge in [0.05, 0.1) is 11.1 Å². The molecule has 158 valence electrons. The number of likely N-dealkylation sites (tertiary alicyclic amines) is 1. The number of amides is 3. The van der Waals surface area contributed by atoms with Crippen LogP contribution in [0.4, 0.5) is 0 Å². The molecule has 31 heavy (non-hydrogen) atoms. The van der Waals surface area contributed by atoms with Crippen molar-refractivity contribution < 1.29 is 14.4 Å². The summed E-state index contributed by atoms with van der Waals surface area (Å²) in [5.74, 6) is 0.306. The van der Waals surface area contributed by atoms with Gasteiger partial charge in [-0.25, -0.2) is 0 Å². The van der Waals surface area contributed by atoms with E-state index in [0.29, 0.717) is 30.0 Å². The maximum Gasteiger partial charge on any atom is 0.261 e. The summed E-state index contributed by atoms with van der Waals surface area (Å²) in [6.45, 7) is 2.38. The van der Waals surface area contributed by atoms with Crippen LogP contribution in [0.2, 0.25) is 0 Å². The van der Waals surface area contributed by atoms with Crippen molar-refractivity contribution in [1.82, 2.24) is 14.4 Å². The number of hydrogen-bond acceptors (Lipinski definition) is 4. The van der Waals surface area contributed by atoms with Crippen molar-refractivity contribution in [3.05, 3.63) is 65.9 Å². The Labute approximate surface area is 184 Å². The molecule has 0 unspecified atom stereocenters. The maximum atomic E-state index is 12.7. The molecule has 0 aliphatic carbocycles. The number of para-hydroxylation sites is 1. The SMILES string of the molecule is O=C(Cn1cc(SCCN2C(=O)c3ccccc3C2=O)c2ccccc21)N1CCCC1. The van der Waals surface area contributed by atoms with Crippen LogP contribution in [0, 0.1) is 0 Å². The average molecular weight is 434 g/mol. The van der Waals surface area contributed by atoms with Gasteiger partial charge in [-0.3, -0.25) is 19.3 Å². The Bertz CT molecular complexity index is 1140. The van der Waals surface area contributed by atoms with Crippen LogP contribution in [0.15, 0.2) is 59.6 Å². The summed E-state index contributed by atoms with van der Waals surface area (Å²) >= 11 is 1.61. The molecule has 3 heterocycles. The lowest BCUT2D eigenvalue weighted by Crippen LogP contribution is -2.31. The van der Waals surface area contributed by atoms with E-state index < -0.39 is 0 Å². The van der Waals surface area contributed by atoms with E-state index in [4.69, 9.17) is 0 Å². The Morgan fingerprint density at radius 1 is 0.903 bits per heavy atom. The van der Waals surface area contributed by atoms with Crippen molar-refractivity contribution in [3.63, 3.8) is 0 Å². The Balaban J connectivity index is 1.29. The third-order valence-electron chi connectivity index (χ3n) is 5.97. The Morgan fingerprint density at radius 3 is 2.26 bits per heavy atom. The van der Waals surface area contributed by atoms with E-state index in [0.717, 1.165) is 41.7 Å². The van der Waals surface area contributed by atoms with Crippen molar-refractivity contribution in [2.24, 2.45) is 0 Å². The number of carbonyl (C=O) groups excluding carboxylic acids is 3. The summed E-state index contributed by atoms with van der Waals surface area (Å²) in [4.78, 5) is 42.1. The third kappa shape index (κ3) is 3.63. The van der Waals surface area contributed by atoms with Gasteiger partial charge in [-0.2, -0.15) is 0 Å². The van der Waals surface area contributed by atoms with Gasteiger partial charge in [0.15, 0.2) is 0 Å². The molecule has 5 rings (SSSR count). The molecule has 0 saturated carbocycles. The quantitative estimate of drug-likeness (QED) is 0.440. The Kier molecular flexibility index (Phi) is 5.28. The molecule has 1 fully saturated rings. The van der Waals surface area contributed by atoms with E-state index >= 15 is 0 Å². The van der Waals surface area contributed by atoms with E-state index in [9.17, 15) is 14.4 Å². The first-order chi connectivity index (χ1) is 15.1. The Hall–Kier alpha value is -3.06. The lowest BCUT2D eigenvalue weighted by Gasteiger charge is -2.16. The number of imide groups is 1. The number of nitrogens with zero attached hydrogens (tertiary/aromatic N) is 3. The molecule has 3 aromatic rings. The van der Waals surface area contributed by atoms with Crippen molar-refractivity contribution in [2.45, 2.75) is 24.3 Å². The number of thioether (sulfide) groups is 1. The highest BCUT2D eigenvalue weighted by Gasteiger charge is 2.34. The number of aromatic nitrogens is 1. The molecule has 0 spiro atoms. The van der Waals surface area contributed by atoms with Crippen LogP contribution in [-0.2, 0) is 11.3 Å². The minimum atomic E-state index is -0.222. The zero-order valence-corrected chi connectivity index (χ0v) is 17.9. The van der Waals surface area contributed by atoms with Gasteiger partial charge in [0, 0.05) is 47.4 Å². The summed E-state index contributed by atoms with van der Waals surface area (Å²) in [6, 6.07) is 15.0. The molecular formula is C24H23N3O3S. The topological polar surface area (TPSA) is 62.6 Å². The van der Waals surface area contributed by atoms with Crippen molar-refractivity contribution in [2.75, 3.05) is 25.4 Å². The van der Waals surface area contributed by atoms with Gasteiger partial charge in [0.2, 0.25) is 5.91 Å². The first-order valence-electron chi connectivity index (χ1n) is 10.6. The molecule has 2 aliphatic heterocycles. The molecule has 7 heteroatoms. The third-order valence-corrected chi connectivity index (χ3v) is 6.99. The van der Waals surface area contributed by atoms with E-state index in [1.54, 1.807) is 36.0 Å². The van der Waals surface area contributed by atoms with E-state index in [1.165, 1.54) is 4.90 Å². The molecule has 1 saturated heterocycles. The summed E-state index contributed by atoms with van der Waals surface area (Å²) < 4.78 is 2.01. The number of rotatable bonds is 6. The van der Waals surface area contributed by atoms with Gasteiger partial charge in [-0.1, -0.05) is 30.3 Å². The van der Waals surface area contributed by atoms with Crippen molar-refractivity contribution >= 4 is 40.4 Å². The first kappa shape index (κ1) is 19.9. The standard InChI is InChI=1S/C24H23N3O3S/c28-22(25-11-5-6-12-25)16-26-15-21(19-9-3-4-10-20(19)26)31-14-13-27-23(29)17-7-1-2-8-18(17)24(27)30/h1-4,7-10,15H,5-6,11-14,16H2. The monoisotopic (exact) mass is 433 g/mol. The van der Waals surface area contributed by atoms with Crippen LogP contribution >= 0.6 is 11.8 Å². The Morgan fingerprint density at radius 2 is 1.55 bits per heavy atom. The highest BCUT2D eigenvalue weighted by atomic mass is 32.2. The minimum Gasteiger partial charge on any atom is -0.341 e. The molecule has 2 aliphatic rings. The predicted octanol–water partition coefficient (Wildman–Crippen LogP) is 3.65. The van der Waals surface area contributed by atoms with Crippen LogP contribution in [0.1, 0.15) is 33.6 Å². The van der Waals surface area contributed by atoms with Gasteiger partial charge in [-0.15, -0.1) is 11.8 Å². The zero-order chi connectivity index (χ0) is 21.4. The second kappa shape index (κ2) is 8.23. The fourth-order valence-electron chi connectivity index (χ4n) is 4.36. The fraction of sp³-hybridized carbons (Fsp3) is 0.292. The lowest BCUT2D eigenvalue weighted by atomic mass is 10.1. The molecule has 0 atom stereocenters. The number of carbonyl (C=O) groups is 3. The number of benzene rings is 2. The van der Waals surface area contributed by atoms with Crippen LogP contribution in [0.3, 0.4) is 0 Å². The van der Waals surface area contributed by atoms with E-state index in [2.05, 4.69) is 6.07 Å². The predicted molar refractivity (Wildman–Crippen MR) is 120 cm³/mol. The second-order valence-corrected chi connectivity index (χ2v) is 9.02. The minimum absolute atomic E-state index is 0.154. The summed E-state index contributed by atoms with van der Waals surface area (Å²) in [5, 5.41) is 1.09. The molecule has 0 N–H and O–H groups in total. The van der Waals surface area contributed by atoms with E-state index in [-0.39, 0.29) is 17.7 Å². The highest BCUT2D eigenvalue weighted by molar-refractivity contribution is 7.99. The van der Waals surface area contributed by atoms with Crippen LogP contribution < -0.4 is 0 Å². The largest absolute Gasteiger partial charge is 0.341 e. The number of hydrogen-bond donors (Lipinski definition) is 0. The zero-order valence-electron chi connectivity index (χ0n) is 17.1. The average Bonchev–Trinajstić information content (AvgIpc) is 3.50. The molecule has 6 nitrogen and oxygen atoms in total. The van der Waals surface area contributed by atoms with E-state index in [1.807, 2.05) is 33.9 Å². The normalized spacial score (nSPS) is 15.9. The molecule has 0 radical (unpaired) electrons. The highest BCUT2D eigenvalue weighted by Crippen LogP contribution is 2.31. The molecule has 1 aromatic heterocycles. The number of fused-ring (bicyclic) bond motifs is 2. The molecule has 2 aromatic carbocycles. The maximum absolute atomic E-state index is 12.7. The van der Waals surface area contributed by atoms with Gasteiger partial charge in [-0.05, 0) is 31.0 Å². The fourth-order valence-corrected chi connectivity index (χ4v) is 5.38. The van der Waals surface area contributed by atoms with Gasteiger partial charge >= 0.3 is 0 Å². The molecular weight excluding hydrogens is 410 g/mol. The van der Waals surface area contributed by atoms with Gasteiger partial charge < -0.3 is 9.47 Å². The van der Waals surface area contributed by atoms with Gasteiger partial charge in [0.25, 0.3) is 11.8 Å². The summed E-state index contributed by atoms with van der Waals surface area (Å²) in [7, 11) is 0. The lowest BCUT2D eigenvalue weighted by molar-refractivity contribution is -0.130. The summed E-state index contributed by atoms with van der Waals surface area (Å²) in [6.07, 6.45) is 4.18.